The van der Waals surface area contributed by atoms with Crippen LogP contribution in [0.25, 0.3) is 0 Å². The maximum Gasteiger partial charge on any atom is 0.387 e. The molecule has 0 aromatic heterocycles. The van der Waals surface area contributed by atoms with Crippen LogP contribution in [0.1, 0.15) is 32.3 Å². The second-order valence-electron chi connectivity index (χ2n) is 5.68. The molecule has 0 atom stereocenters. The van der Waals surface area contributed by atoms with Gasteiger partial charge in [-0.25, -0.2) is 0 Å². The molecule has 1 aromatic rings. The molecular formula is C15H21F2NO2. The number of ether oxygens (including phenoxy) is 2. The first-order valence-electron chi connectivity index (χ1n) is 6.79. The van der Waals surface area contributed by atoms with Crippen LogP contribution in [-0.4, -0.2) is 19.3 Å². The zero-order valence-corrected chi connectivity index (χ0v) is 12.1. The smallest absolute Gasteiger partial charge is 0.387 e. The number of nitrogens with one attached hydrogen (secondary N) is 1. The van der Waals surface area contributed by atoms with E-state index in [9.17, 15) is 8.78 Å². The molecule has 3 nitrogen and oxygen atoms in total. The van der Waals surface area contributed by atoms with E-state index in [-0.39, 0.29) is 11.3 Å². The lowest BCUT2D eigenvalue weighted by molar-refractivity contribution is -0.0519. The third kappa shape index (κ3) is 3.60. The highest BCUT2D eigenvalue weighted by molar-refractivity contribution is 5.46. The van der Waals surface area contributed by atoms with E-state index in [4.69, 9.17) is 4.74 Å². The van der Waals surface area contributed by atoms with E-state index < -0.39 is 6.61 Å². The van der Waals surface area contributed by atoms with Crippen molar-refractivity contribution in [3.63, 3.8) is 0 Å². The van der Waals surface area contributed by atoms with Gasteiger partial charge in [0.05, 0.1) is 7.11 Å². The molecule has 1 aromatic carbocycles. The van der Waals surface area contributed by atoms with Crippen LogP contribution in [0, 0.1) is 5.92 Å². The molecule has 5 heteroatoms. The van der Waals surface area contributed by atoms with Crippen LogP contribution in [0.5, 0.6) is 11.5 Å². The van der Waals surface area contributed by atoms with Crippen molar-refractivity contribution in [1.82, 2.24) is 5.32 Å². The molecule has 0 saturated heterocycles. The first-order chi connectivity index (χ1) is 9.44. The Labute approximate surface area is 118 Å². The topological polar surface area (TPSA) is 30.5 Å². The number of hydrogen-bond donors (Lipinski definition) is 1. The predicted octanol–water partition coefficient (Wildman–Crippen LogP) is 3.57. The quantitative estimate of drug-likeness (QED) is 0.830. The Morgan fingerprint density at radius 2 is 2.05 bits per heavy atom. The molecule has 0 bridgehead atoms. The van der Waals surface area contributed by atoms with Gasteiger partial charge in [-0.05, 0) is 38.7 Å². The molecule has 0 unspecified atom stereocenters. The van der Waals surface area contributed by atoms with Crippen LogP contribution in [0.2, 0.25) is 0 Å². The Balaban J connectivity index is 2.13. The highest BCUT2D eigenvalue weighted by Gasteiger charge is 2.37. The molecule has 112 valence electrons. The summed E-state index contributed by atoms with van der Waals surface area (Å²) in [6.07, 6.45) is 2.44. The molecule has 0 spiro atoms. The first kappa shape index (κ1) is 15.0. The number of methoxy groups -OCH3 is 1. The minimum atomic E-state index is -2.86. The summed E-state index contributed by atoms with van der Waals surface area (Å²) in [5.41, 5.74) is 0.684. The van der Waals surface area contributed by atoms with Gasteiger partial charge < -0.3 is 14.8 Å². The van der Waals surface area contributed by atoms with Crippen LogP contribution in [0.4, 0.5) is 8.78 Å². The zero-order valence-electron chi connectivity index (χ0n) is 12.1. The van der Waals surface area contributed by atoms with Crippen molar-refractivity contribution in [2.45, 2.75) is 45.4 Å². The fraction of sp³-hybridized carbons (Fsp3) is 0.600. The van der Waals surface area contributed by atoms with E-state index in [0.717, 1.165) is 0 Å². The lowest BCUT2D eigenvalue weighted by Gasteiger charge is -2.27. The lowest BCUT2D eigenvalue weighted by atomic mass is 9.98. The summed E-state index contributed by atoms with van der Waals surface area (Å²) < 4.78 is 34.8. The van der Waals surface area contributed by atoms with Gasteiger partial charge in [-0.15, -0.1) is 0 Å². The Morgan fingerprint density at radius 1 is 1.35 bits per heavy atom. The Kier molecular flexibility index (Phi) is 4.48. The highest BCUT2D eigenvalue weighted by Crippen LogP contribution is 2.40. The summed E-state index contributed by atoms with van der Waals surface area (Å²) in [5, 5.41) is 3.42. The summed E-state index contributed by atoms with van der Waals surface area (Å²) >= 11 is 0. The molecule has 1 saturated carbocycles. The van der Waals surface area contributed by atoms with E-state index in [1.54, 1.807) is 18.2 Å². The fourth-order valence-electron chi connectivity index (χ4n) is 2.36. The number of benzene rings is 1. The van der Waals surface area contributed by atoms with Gasteiger partial charge in [0.2, 0.25) is 0 Å². The predicted molar refractivity (Wildman–Crippen MR) is 73.3 cm³/mol. The first-order valence-corrected chi connectivity index (χ1v) is 6.79. The highest BCUT2D eigenvalue weighted by atomic mass is 19.3. The summed E-state index contributed by atoms with van der Waals surface area (Å²) in [5.74, 6) is 1.10. The van der Waals surface area contributed by atoms with Crippen molar-refractivity contribution in [2.75, 3.05) is 7.11 Å². The van der Waals surface area contributed by atoms with Crippen molar-refractivity contribution in [3.8, 4) is 11.5 Å². The van der Waals surface area contributed by atoms with Gasteiger partial charge in [0, 0.05) is 17.6 Å². The molecule has 1 aliphatic carbocycles. The Hall–Kier alpha value is -1.36. The second-order valence-corrected chi connectivity index (χ2v) is 5.68. The van der Waals surface area contributed by atoms with Gasteiger partial charge >= 0.3 is 6.61 Å². The van der Waals surface area contributed by atoms with Gasteiger partial charge in [-0.3, -0.25) is 0 Å². The van der Waals surface area contributed by atoms with Gasteiger partial charge in [0.15, 0.2) is 11.5 Å². The largest absolute Gasteiger partial charge is 0.493 e. The van der Waals surface area contributed by atoms with Gasteiger partial charge in [0.1, 0.15) is 0 Å². The van der Waals surface area contributed by atoms with Crippen molar-refractivity contribution < 1.29 is 18.3 Å². The molecule has 0 amide bonds. The van der Waals surface area contributed by atoms with Crippen LogP contribution < -0.4 is 14.8 Å². The summed E-state index contributed by atoms with van der Waals surface area (Å²) in [7, 11) is 1.44. The summed E-state index contributed by atoms with van der Waals surface area (Å²) in [6.45, 7) is 1.89. The number of para-hydroxylation sites is 1. The average Bonchev–Trinajstić information content (AvgIpc) is 3.21. The van der Waals surface area contributed by atoms with Gasteiger partial charge in [-0.1, -0.05) is 12.1 Å². The van der Waals surface area contributed by atoms with E-state index >= 15 is 0 Å². The van der Waals surface area contributed by atoms with Crippen molar-refractivity contribution >= 4 is 0 Å². The van der Waals surface area contributed by atoms with Gasteiger partial charge in [-0.2, -0.15) is 8.78 Å². The van der Waals surface area contributed by atoms with E-state index in [2.05, 4.69) is 23.9 Å². The monoisotopic (exact) mass is 285 g/mol. The lowest BCUT2D eigenvalue weighted by Crippen LogP contribution is -2.40. The summed E-state index contributed by atoms with van der Waals surface area (Å²) in [4.78, 5) is 0. The zero-order chi connectivity index (χ0) is 14.8. The SMILES string of the molecule is COc1cccc(CNC(C)(C)C2CC2)c1OC(F)F. The molecule has 0 heterocycles. The van der Waals surface area contributed by atoms with Crippen molar-refractivity contribution in [3.05, 3.63) is 23.8 Å². The van der Waals surface area contributed by atoms with Crippen molar-refractivity contribution in [1.29, 1.82) is 0 Å². The van der Waals surface area contributed by atoms with Gasteiger partial charge in [0.25, 0.3) is 0 Å². The van der Waals surface area contributed by atoms with E-state index in [1.807, 2.05) is 0 Å². The Bertz CT molecular complexity index is 459. The molecule has 20 heavy (non-hydrogen) atoms. The third-order valence-electron chi connectivity index (χ3n) is 3.82. The van der Waals surface area contributed by atoms with E-state index in [1.165, 1.54) is 20.0 Å². The fourth-order valence-corrected chi connectivity index (χ4v) is 2.36. The van der Waals surface area contributed by atoms with Crippen LogP contribution in [-0.2, 0) is 6.54 Å². The average molecular weight is 285 g/mol. The maximum absolute atomic E-state index is 12.5. The Morgan fingerprint density at radius 3 is 2.60 bits per heavy atom. The molecule has 1 fully saturated rings. The summed E-state index contributed by atoms with van der Waals surface area (Å²) in [6, 6.07) is 5.17. The van der Waals surface area contributed by atoms with Crippen LogP contribution in [0.15, 0.2) is 18.2 Å². The number of alkyl halides is 2. The van der Waals surface area contributed by atoms with Crippen LogP contribution in [0.3, 0.4) is 0 Å². The maximum atomic E-state index is 12.5. The molecule has 0 radical (unpaired) electrons. The number of halogens is 2. The molecular weight excluding hydrogens is 264 g/mol. The van der Waals surface area contributed by atoms with Crippen LogP contribution >= 0.6 is 0 Å². The normalized spacial score (nSPS) is 15.5. The number of rotatable bonds is 7. The second kappa shape index (κ2) is 5.95. The molecule has 2 rings (SSSR count). The van der Waals surface area contributed by atoms with E-state index in [0.29, 0.717) is 23.8 Å². The molecule has 1 N–H and O–H groups in total. The number of hydrogen-bond acceptors (Lipinski definition) is 3. The molecule has 1 aliphatic rings. The minimum Gasteiger partial charge on any atom is -0.493 e. The molecule has 0 aliphatic heterocycles. The van der Waals surface area contributed by atoms with Crippen molar-refractivity contribution in [2.24, 2.45) is 5.92 Å². The standard InChI is InChI=1S/C15H21F2NO2/c1-15(2,11-7-8-11)18-9-10-5-4-6-12(19-3)13(10)20-14(16)17/h4-6,11,14,18H,7-9H2,1-3H3. The third-order valence-corrected chi connectivity index (χ3v) is 3.82. The minimum absolute atomic E-state index is 0.00514.